The first-order chi connectivity index (χ1) is 21.5. The number of benzene rings is 2. The molecule has 0 bridgehead atoms. The predicted molar refractivity (Wildman–Crippen MR) is 167 cm³/mol. The van der Waals surface area contributed by atoms with Gasteiger partial charge in [-0.05, 0) is 70.9 Å². The van der Waals surface area contributed by atoms with Crippen molar-refractivity contribution < 1.29 is 40.6 Å². The van der Waals surface area contributed by atoms with E-state index in [9.17, 15) is 17.6 Å². The SMILES string of the molecule is CCc1c(N2CC[C@@](C)(NC(=O)OC(C)(C)C)C2)cc(F)c(S(=O)(=O)N(Cc2ccc(OC)cc2OC)c2cccc(F)n2)c1F. The van der Waals surface area contributed by atoms with Gasteiger partial charge >= 0.3 is 6.09 Å². The van der Waals surface area contributed by atoms with E-state index < -0.39 is 56.3 Å². The summed E-state index contributed by atoms with van der Waals surface area (Å²) >= 11 is 0. The number of ether oxygens (including phenoxy) is 3. The van der Waals surface area contributed by atoms with Crippen molar-refractivity contribution in [2.45, 2.75) is 70.0 Å². The molecule has 1 aliphatic heterocycles. The number of rotatable bonds is 10. The van der Waals surface area contributed by atoms with E-state index in [-0.39, 0.29) is 35.8 Å². The van der Waals surface area contributed by atoms with Gasteiger partial charge in [0.05, 0.1) is 26.3 Å². The molecule has 0 aliphatic carbocycles. The van der Waals surface area contributed by atoms with Gasteiger partial charge < -0.3 is 24.4 Å². The minimum absolute atomic E-state index is 0.0290. The topological polar surface area (TPSA) is 110 Å². The molecule has 1 N–H and O–H groups in total. The van der Waals surface area contributed by atoms with Gasteiger partial charge in [0, 0.05) is 36.0 Å². The number of sulfonamides is 1. The van der Waals surface area contributed by atoms with Crippen LogP contribution in [0.3, 0.4) is 0 Å². The maximum atomic E-state index is 16.4. The first-order valence-electron chi connectivity index (χ1n) is 14.6. The summed E-state index contributed by atoms with van der Waals surface area (Å²) < 4.78 is 91.7. The molecular weight excluding hydrogens is 625 g/mol. The highest BCUT2D eigenvalue weighted by Gasteiger charge is 2.40. The van der Waals surface area contributed by atoms with Crippen LogP contribution in [0, 0.1) is 17.6 Å². The molecule has 3 aromatic rings. The molecule has 46 heavy (non-hydrogen) atoms. The van der Waals surface area contributed by atoms with Gasteiger partial charge in [-0.25, -0.2) is 31.3 Å². The number of amides is 1. The van der Waals surface area contributed by atoms with E-state index in [4.69, 9.17) is 14.2 Å². The number of nitrogens with one attached hydrogen (secondary N) is 1. The van der Waals surface area contributed by atoms with Crippen LogP contribution in [0.2, 0.25) is 0 Å². The maximum absolute atomic E-state index is 16.4. The normalized spacial score (nSPS) is 16.7. The summed E-state index contributed by atoms with van der Waals surface area (Å²) in [5.74, 6) is -3.31. The summed E-state index contributed by atoms with van der Waals surface area (Å²) in [6.45, 7) is 8.68. The highest BCUT2D eigenvalue weighted by atomic mass is 32.2. The molecule has 0 saturated carbocycles. The van der Waals surface area contributed by atoms with Crippen LogP contribution in [0.1, 0.15) is 52.2 Å². The lowest BCUT2D eigenvalue weighted by atomic mass is 10.0. The van der Waals surface area contributed by atoms with Crippen molar-refractivity contribution in [1.29, 1.82) is 0 Å². The van der Waals surface area contributed by atoms with Crippen LogP contribution in [0.25, 0.3) is 0 Å². The summed E-state index contributed by atoms with van der Waals surface area (Å²) in [7, 11) is -2.21. The Morgan fingerprint density at radius 1 is 1.11 bits per heavy atom. The summed E-state index contributed by atoms with van der Waals surface area (Å²) in [5.41, 5.74) is -1.05. The van der Waals surface area contributed by atoms with Crippen LogP contribution in [-0.4, -0.2) is 57.9 Å². The number of anilines is 2. The largest absolute Gasteiger partial charge is 0.497 e. The van der Waals surface area contributed by atoms with E-state index in [1.807, 2.05) is 0 Å². The molecule has 1 atom stereocenters. The van der Waals surface area contributed by atoms with Crippen LogP contribution in [0.5, 0.6) is 11.5 Å². The number of hydrogen-bond acceptors (Lipinski definition) is 8. The lowest BCUT2D eigenvalue weighted by Gasteiger charge is -2.30. The Morgan fingerprint density at radius 3 is 2.43 bits per heavy atom. The third-order valence-electron chi connectivity index (χ3n) is 7.54. The average molecular weight is 665 g/mol. The van der Waals surface area contributed by atoms with E-state index >= 15 is 8.78 Å². The number of carbonyl (C=O) groups excluding carboxylic acids is 1. The molecule has 250 valence electrons. The van der Waals surface area contributed by atoms with Crippen molar-refractivity contribution in [2.24, 2.45) is 0 Å². The van der Waals surface area contributed by atoms with Crippen molar-refractivity contribution >= 4 is 27.6 Å². The van der Waals surface area contributed by atoms with Gasteiger partial charge in [0.25, 0.3) is 10.0 Å². The van der Waals surface area contributed by atoms with Gasteiger partial charge in [-0.15, -0.1) is 0 Å². The Labute approximate surface area is 267 Å². The number of pyridine rings is 1. The zero-order chi connectivity index (χ0) is 34.0. The number of methoxy groups -OCH3 is 2. The minimum Gasteiger partial charge on any atom is -0.497 e. The molecule has 4 rings (SSSR count). The van der Waals surface area contributed by atoms with E-state index in [2.05, 4.69) is 10.3 Å². The van der Waals surface area contributed by atoms with E-state index in [1.165, 1.54) is 38.5 Å². The smallest absolute Gasteiger partial charge is 0.408 e. The molecule has 10 nitrogen and oxygen atoms in total. The van der Waals surface area contributed by atoms with Crippen LogP contribution in [0.4, 0.5) is 29.5 Å². The fourth-order valence-corrected chi connectivity index (χ4v) is 6.91. The summed E-state index contributed by atoms with van der Waals surface area (Å²) in [5, 5.41) is 2.84. The maximum Gasteiger partial charge on any atom is 0.408 e. The standard InChI is InChI=1S/C32H39F3N4O6S/c1-8-22-24(38-15-14-32(5,19-38)37-30(40)45-31(2,3)4)17-23(33)29(28(22)35)46(41,42)39(27-11-9-10-26(34)36-27)18-20-12-13-21(43-6)16-25(20)44-7/h9-13,16-17H,8,14-15,18-19H2,1-7H3,(H,37,40)/t32-/m1/s1. The number of hydrogen-bond donors (Lipinski definition) is 1. The monoisotopic (exact) mass is 664 g/mol. The minimum atomic E-state index is -5.02. The third-order valence-corrected chi connectivity index (χ3v) is 9.32. The number of halogens is 3. The molecular formula is C32H39F3N4O6S. The second kappa shape index (κ2) is 13.3. The zero-order valence-electron chi connectivity index (χ0n) is 26.9. The highest BCUT2D eigenvalue weighted by Crippen LogP contribution is 2.38. The Kier molecular flexibility index (Phi) is 10.00. The molecule has 1 amide bonds. The number of alkyl carbamates (subject to hydrolysis) is 1. The molecule has 1 saturated heterocycles. The Hall–Kier alpha value is -4.20. The predicted octanol–water partition coefficient (Wildman–Crippen LogP) is 5.97. The van der Waals surface area contributed by atoms with Crippen molar-refractivity contribution in [2.75, 3.05) is 36.5 Å². The van der Waals surface area contributed by atoms with Gasteiger partial charge in [0.2, 0.25) is 5.95 Å². The fourth-order valence-electron chi connectivity index (χ4n) is 5.37. The van der Waals surface area contributed by atoms with Crippen molar-refractivity contribution in [3.63, 3.8) is 0 Å². The fraction of sp³-hybridized carbons (Fsp3) is 0.438. The molecule has 14 heteroatoms. The van der Waals surface area contributed by atoms with Gasteiger partial charge in [0.15, 0.2) is 10.7 Å². The second-order valence-electron chi connectivity index (χ2n) is 12.2. The van der Waals surface area contributed by atoms with Crippen molar-refractivity contribution in [3.05, 3.63) is 71.2 Å². The Bertz CT molecular complexity index is 1720. The quantitative estimate of drug-likeness (QED) is 0.264. The first-order valence-corrected chi connectivity index (χ1v) is 16.1. The van der Waals surface area contributed by atoms with Crippen LogP contribution in [-0.2, 0) is 27.7 Å². The number of carbonyl (C=O) groups is 1. The molecule has 1 aromatic heterocycles. The number of aromatic nitrogens is 1. The van der Waals surface area contributed by atoms with Crippen molar-refractivity contribution in [1.82, 2.24) is 10.3 Å². The Balaban J connectivity index is 1.76. The van der Waals surface area contributed by atoms with E-state index in [0.717, 1.165) is 12.1 Å². The summed E-state index contributed by atoms with van der Waals surface area (Å²) in [6, 6.07) is 9.09. The van der Waals surface area contributed by atoms with Gasteiger partial charge in [-0.1, -0.05) is 13.0 Å². The summed E-state index contributed by atoms with van der Waals surface area (Å²) in [6.07, 6.45) is -0.145. The van der Waals surface area contributed by atoms with E-state index in [1.54, 1.807) is 45.6 Å². The zero-order valence-corrected chi connectivity index (χ0v) is 27.7. The molecule has 0 radical (unpaired) electrons. The molecule has 1 fully saturated rings. The second-order valence-corrected chi connectivity index (χ2v) is 14.0. The molecule has 2 aromatic carbocycles. The van der Waals surface area contributed by atoms with Gasteiger partial charge in [-0.3, -0.25) is 0 Å². The summed E-state index contributed by atoms with van der Waals surface area (Å²) in [4.78, 5) is 16.7. The molecule has 1 aliphatic rings. The van der Waals surface area contributed by atoms with Crippen LogP contribution < -0.4 is 24.0 Å². The Morgan fingerprint density at radius 2 is 1.83 bits per heavy atom. The van der Waals surface area contributed by atoms with Gasteiger partial charge in [-0.2, -0.15) is 4.39 Å². The molecule has 2 heterocycles. The van der Waals surface area contributed by atoms with E-state index in [0.29, 0.717) is 28.6 Å². The number of nitrogens with zero attached hydrogens (tertiary/aromatic N) is 3. The highest BCUT2D eigenvalue weighted by molar-refractivity contribution is 7.92. The first kappa shape index (κ1) is 34.7. The van der Waals surface area contributed by atoms with Crippen LogP contribution >= 0.6 is 0 Å². The molecule has 0 spiro atoms. The molecule has 0 unspecified atom stereocenters. The average Bonchev–Trinajstić information content (AvgIpc) is 3.35. The van der Waals surface area contributed by atoms with Gasteiger partial charge in [0.1, 0.15) is 28.7 Å². The lowest BCUT2D eigenvalue weighted by Crippen LogP contribution is -2.49. The lowest BCUT2D eigenvalue weighted by molar-refractivity contribution is 0.0473. The van der Waals surface area contributed by atoms with Crippen molar-refractivity contribution in [3.8, 4) is 11.5 Å². The third kappa shape index (κ3) is 7.43. The van der Waals surface area contributed by atoms with Crippen LogP contribution in [0.15, 0.2) is 47.4 Å².